The Balaban J connectivity index is 0.000000774. The number of aliphatic imine (C=N–C) groups is 1. The third-order valence-electron chi connectivity index (χ3n) is 3.06. The Labute approximate surface area is 128 Å². The molecule has 1 aromatic carbocycles. The monoisotopic (exact) mass is 302 g/mol. The number of carbonyl (C=O) groups excluding carboxylic acids is 1. The molecule has 1 aliphatic rings. The van der Waals surface area contributed by atoms with Gasteiger partial charge in [0.1, 0.15) is 0 Å². The third kappa shape index (κ3) is 2.74. The number of aromatic amines is 1. The molecule has 3 rings (SSSR count). The molecule has 0 fully saturated rings. The summed E-state index contributed by atoms with van der Waals surface area (Å²) in [7, 11) is 0. The van der Waals surface area contributed by atoms with Crippen molar-refractivity contribution in [1.29, 1.82) is 0 Å². The second-order valence-electron chi connectivity index (χ2n) is 4.26. The molecule has 2 N–H and O–H groups in total. The number of nitrogens with zero attached hydrogens (tertiary/aromatic N) is 1. The molecule has 0 spiro atoms. The first-order valence-electron chi connectivity index (χ1n) is 6.84. The summed E-state index contributed by atoms with van der Waals surface area (Å²) in [5.41, 5.74) is 3.18. The first kappa shape index (κ1) is 15.4. The summed E-state index contributed by atoms with van der Waals surface area (Å²) in [5, 5.41) is 10.0. The van der Waals surface area contributed by atoms with Crippen molar-refractivity contribution in [2.24, 2.45) is 4.99 Å². The van der Waals surface area contributed by atoms with Gasteiger partial charge in [-0.2, -0.15) is 11.8 Å². The van der Waals surface area contributed by atoms with Gasteiger partial charge in [-0.3, -0.25) is 4.79 Å². The van der Waals surface area contributed by atoms with E-state index in [-0.39, 0.29) is 11.8 Å². The molecule has 0 aliphatic carbocycles. The van der Waals surface area contributed by atoms with Crippen molar-refractivity contribution in [1.82, 2.24) is 4.98 Å². The van der Waals surface area contributed by atoms with Crippen LogP contribution in [0.15, 0.2) is 35.3 Å². The van der Waals surface area contributed by atoms with E-state index in [9.17, 15) is 9.90 Å². The van der Waals surface area contributed by atoms with E-state index in [4.69, 9.17) is 0 Å². The molecule has 2 aromatic rings. The Bertz CT molecular complexity index is 675. The Hall–Kier alpha value is -2.01. The second-order valence-corrected chi connectivity index (χ2v) is 5.13. The highest BCUT2D eigenvalue weighted by Crippen LogP contribution is 2.36. The van der Waals surface area contributed by atoms with E-state index in [1.807, 2.05) is 50.4 Å². The fourth-order valence-corrected chi connectivity index (χ4v) is 2.76. The summed E-state index contributed by atoms with van der Waals surface area (Å²) in [6.45, 7) is 4.00. The van der Waals surface area contributed by atoms with Crippen LogP contribution >= 0.6 is 11.8 Å². The van der Waals surface area contributed by atoms with E-state index in [0.29, 0.717) is 28.3 Å². The minimum Gasteiger partial charge on any atom is -0.494 e. The highest BCUT2D eigenvalue weighted by molar-refractivity contribution is 7.99. The van der Waals surface area contributed by atoms with Crippen molar-refractivity contribution >= 4 is 23.4 Å². The zero-order valence-corrected chi connectivity index (χ0v) is 13.1. The number of nitrogens with one attached hydrogen (secondary N) is 1. The van der Waals surface area contributed by atoms with Gasteiger partial charge in [0.05, 0.1) is 22.5 Å². The number of fused-ring (bicyclic) bond motifs is 1. The second kappa shape index (κ2) is 6.63. The van der Waals surface area contributed by atoms with Gasteiger partial charge >= 0.3 is 0 Å². The van der Waals surface area contributed by atoms with Gasteiger partial charge in [0.25, 0.3) is 5.91 Å². The van der Waals surface area contributed by atoms with Crippen LogP contribution in [0.25, 0.3) is 11.3 Å². The molecule has 1 amide bonds. The predicted molar refractivity (Wildman–Crippen MR) is 88.5 cm³/mol. The van der Waals surface area contributed by atoms with Crippen molar-refractivity contribution in [3.8, 4) is 17.1 Å². The largest absolute Gasteiger partial charge is 0.494 e. The molecule has 1 aliphatic heterocycles. The van der Waals surface area contributed by atoms with E-state index in [1.165, 1.54) is 0 Å². The van der Waals surface area contributed by atoms with Gasteiger partial charge in [-0.25, -0.2) is 4.99 Å². The lowest BCUT2D eigenvalue weighted by molar-refractivity contribution is 0.101. The molecule has 0 bridgehead atoms. The molecule has 0 saturated carbocycles. The van der Waals surface area contributed by atoms with Gasteiger partial charge in [-0.1, -0.05) is 44.2 Å². The number of benzene rings is 1. The van der Waals surface area contributed by atoms with E-state index < -0.39 is 0 Å². The maximum Gasteiger partial charge on any atom is 0.280 e. The molecule has 1 aromatic heterocycles. The van der Waals surface area contributed by atoms with E-state index in [2.05, 4.69) is 9.98 Å². The first-order chi connectivity index (χ1) is 10.2. The molecule has 0 saturated heterocycles. The normalized spacial score (nSPS) is 12.5. The van der Waals surface area contributed by atoms with Crippen molar-refractivity contribution in [3.63, 3.8) is 0 Å². The molecule has 5 heteroatoms. The molecule has 2 heterocycles. The smallest absolute Gasteiger partial charge is 0.280 e. The van der Waals surface area contributed by atoms with Gasteiger partial charge < -0.3 is 10.1 Å². The molecule has 21 heavy (non-hydrogen) atoms. The highest BCUT2D eigenvalue weighted by atomic mass is 32.2. The lowest BCUT2D eigenvalue weighted by atomic mass is 10.0. The van der Waals surface area contributed by atoms with E-state index in [1.54, 1.807) is 11.8 Å². The number of thioether (sulfide) groups is 1. The summed E-state index contributed by atoms with van der Waals surface area (Å²) < 4.78 is 0. The van der Waals surface area contributed by atoms with E-state index in [0.717, 1.165) is 5.56 Å². The Kier molecular flexibility index (Phi) is 4.85. The molecule has 0 radical (unpaired) electrons. The van der Waals surface area contributed by atoms with Crippen LogP contribution in [0.4, 0.5) is 0 Å². The molecule has 4 nitrogen and oxygen atoms in total. The standard InChI is InChI=1S/C14H12N2O2S.C2H6/c1-19-7-9-10-11(14(18)15-9)12(16-13(10)17)8-5-3-2-4-6-8;1-2/h2-6,16-17H,7H2,1H3;1-2H3. The van der Waals surface area contributed by atoms with Crippen LogP contribution in [0, 0.1) is 0 Å². The number of rotatable bonds is 3. The Morgan fingerprint density at radius 2 is 1.86 bits per heavy atom. The van der Waals surface area contributed by atoms with Crippen LogP contribution in [0.2, 0.25) is 0 Å². The zero-order valence-electron chi connectivity index (χ0n) is 12.3. The number of hydrogen-bond donors (Lipinski definition) is 2. The Morgan fingerprint density at radius 1 is 1.19 bits per heavy atom. The predicted octanol–water partition coefficient (Wildman–Crippen LogP) is 3.72. The van der Waals surface area contributed by atoms with Crippen LogP contribution in [-0.4, -0.2) is 33.7 Å². The fourth-order valence-electron chi connectivity index (χ4n) is 2.28. The number of H-pyrrole nitrogens is 1. The van der Waals surface area contributed by atoms with Gasteiger partial charge in [0.2, 0.25) is 0 Å². The molecular weight excluding hydrogens is 284 g/mol. The summed E-state index contributed by atoms with van der Waals surface area (Å²) in [4.78, 5) is 19.0. The van der Waals surface area contributed by atoms with Crippen LogP contribution in [0.3, 0.4) is 0 Å². The van der Waals surface area contributed by atoms with Crippen LogP contribution in [0.1, 0.15) is 29.8 Å². The number of hydrogen-bond acceptors (Lipinski definition) is 3. The summed E-state index contributed by atoms with van der Waals surface area (Å²) >= 11 is 1.57. The summed E-state index contributed by atoms with van der Waals surface area (Å²) in [6, 6.07) is 9.48. The first-order valence-corrected chi connectivity index (χ1v) is 8.23. The quantitative estimate of drug-likeness (QED) is 0.908. The Morgan fingerprint density at radius 3 is 2.48 bits per heavy atom. The topological polar surface area (TPSA) is 65.5 Å². The molecule has 110 valence electrons. The van der Waals surface area contributed by atoms with Crippen molar-refractivity contribution in [2.75, 3.05) is 12.0 Å². The lowest BCUT2D eigenvalue weighted by Gasteiger charge is -1.99. The number of aromatic hydroxyl groups is 1. The minimum absolute atomic E-state index is 0.0208. The van der Waals surface area contributed by atoms with Crippen molar-refractivity contribution in [3.05, 3.63) is 41.5 Å². The van der Waals surface area contributed by atoms with Crippen LogP contribution in [0.5, 0.6) is 5.88 Å². The fraction of sp³-hybridized carbons (Fsp3) is 0.250. The van der Waals surface area contributed by atoms with Gasteiger partial charge in [0.15, 0.2) is 5.88 Å². The average molecular weight is 302 g/mol. The zero-order chi connectivity index (χ0) is 15.4. The minimum atomic E-state index is -0.283. The van der Waals surface area contributed by atoms with Gasteiger partial charge in [-0.05, 0) is 11.8 Å². The number of amides is 1. The number of aromatic nitrogens is 1. The SMILES string of the molecule is CC.CSCC1=NC(=O)c2c(-c3ccccc3)[nH]c(O)c21. The van der Waals surface area contributed by atoms with Gasteiger partial charge in [0, 0.05) is 5.75 Å². The molecule has 0 unspecified atom stereocenters. The maximum absolute atomic E-state index is 12.0. The number of carbonyl (C=O) groups is 1. The summed E-state index contributed by atoms with van der Waals surface area (Å²) in [5.74, 6) is 0.347. The van der Waals surface area contributed by atoms with Crippen molar-refractivity contribution in [2.45, 2.75) is 13.8 Å². The van der Waals surface area contributed by atoms with Crippen LogP contribution in [-0.2, 0) is 0 Å². The van der Waals surface area contributed by atoms with Gasteiger partial charge in [-0.15, -0.1) is 0 Å². The maximum atomic E-state index is 12.0. The van der Waals surface area contributed by atoms with Crippen molar-refractivity contribution < 1.29 is 9.90 Å². The lowest BCUT2D eigenvalue weighted by Crippen LogP contribution is -1.99. The van der Waals surface area contributed by atoms with E-state index >= 15 is 0 Å². The molecule has 0 atom stereocenters. The molecular formula is C16H18N2O2S. The highest BCUT2D eigenvalue weighted by Gasteiger charge is 2.32. The average Bonchev–Trinajstić information content (AvgIpc) is 3.03. The third-order valence-corrected chi connectivity index (χ3v) is 3.62. The summed E-state index contributed by atoms with van der Waals surface area (Å²) in [6.07, 6.45) is 1.94. The van der Waals surface area contributed by atoms with Crippen LogP contribution < -0.4 is 0 Å².